The van der Waals surface area contributed by atoms with E-state index in [1.54, 1.807) is 11.3 Å². The van der Waals surface area contributed by atoms with Gasteiger partial charge in [0.25, 0.3) is 0 Å². The first-order valence-corrected chi connectivity index (χ1v) is 9.13. The zero-order valence-electron chi connectivity index (χ0n) is 12.0. The Kier molecular flexibility index (Phi) is 5.47. The summed E-state index contributed by atoms with van der Waals surface area (Å²) in [6.07, 6.45) is 3.86. The van der Waals surface area contributed by atoms with Crippen LogP contribution in [0.15, 0.2) is 40.2 Å². The third-order valence-corrected chi connectivity index (χ3v) is 5.53. The normalized spacial score (nSPS) is 17.7. The molecule has 2 nitrogen and oxygen atoms in total. The summed E-state index contributed by atoms with van der Waals surface area (Å²) in [5.74, 6) is 0. The lowest BCUT2D eigenvalue weighted by molar-refractivity contribution is 0.0426. The predicted molar refractivity (Wildman–Crippen MR) is 91.8 cm³/mol. The van der Waals surface area contributed by atoms with Gasteiger partial charge in [-0.3, -0.25) is 0 Å². The molecule has 0 radical (unpaired) electrons. The highest BCUT2D eigenvalue weighted by atomic mass is 79.9. The van der Waals surface area contributed by atoms with Gasteiger partial charge >= 0.3 is 0 Å². The Labute approximate surface area is 138 Å². The predicted octanol–water partition coefficient (Wildman–Crippen LogP) is 4.69. The molecule has 2 aromatic rings. The van der Waals surface area contributed by atoms with Crippen LogP contribution in [-0.2, 0) is 17.7 Å². The summed E-state index contributed by atoms with van der Waals surface area (Å²) in [4.78, 5) is 1.35. The fourth-order valence-electron chi connectivity index (χ4n) is 2.81. The molecule has 112 valence electrons. The molecule has 0 saturated carbocycles. The van der Waals surface area contributed by atoms with E-state index in [-0.39, 0.29) is 6.10 Å². The second-order valence-electron chi connectivity index (χ2n) is 5.36. The number of thiophene rings is 1. The third-order valence-electron chi connectivity index (χ3n) is 3.83. The lowest BCUT2D eigenvalue weighted by atomic mass is 9.89. The lowest BCUT2D eigenvalue weighted by Gasteiger charge is -2.25. The summed E-state index contributed by atoms with van der Waals surface area (Å²) in [5.41, 5.74) is 2.86. The maximum absolute atomic E-state index is 6.08. The van der Waals surface area contributed by atoms with Crippen LogP contribution in [0.3, 0.4) is 0 Å². The molecule has 1 aliphatic carbocycles. The minimum atomic E-state index is 0.285. The van der Waals surface area contributed by atoms with Crippen molar-refractivity contribution in [1.29, 1.82) is 0 Å². The fourth-order valence-corrected chi connectivity index (χ4v) is 4.23. The van der Waals surface area contributed by atoms with Crippen LogP contribution in [0.1, 0.15) is 34.9 Å². The van der Waals surface area contributed by atoms with Gasteiger partial charge in [-0.15, -0.1) is 11.3 Å². The summed E-state index contributed by atoms with van der Waals surface area (Å²) < 4.78 is 7.25. The first-order chi connectivity index (χ1) is 10.3. The van der Waals surface area contributed by atoms with Crippen LogP contribution >= 0.6 is 27.3 Å². The van der Waals surface area contributed by atoms with Crippen LogP contribution in [0, 0.1) is 0 Å². The molecular weight excluding hydrogens is 346 g/mol. The van der Waals surface area contributed by atoms with Crippen molar-refractivity contribution in [3.05, 3.63) is 56.2 Å². The Hall–Kier alpha value is -0.680. The van der Waals surface area contributed by atoms with Crippen molar-refractivity contribution in [3.8, 4) is 0 Å². The number of rotatable bonds is 6. The van der Waals surface area contributed by atoms with Crippen molar-refractivity contribution in [2.75, 3.05) is 13.2 Å². The molecule has 1 heterocycles. The van der Waals surface area contributed by atoms with Gasteiger partial charge in [0.1, 0.15) is 0 Å². The number of nitrogens with one attached hydrogen (secondary N) is 1. The lowest BCUT2D eigenvalue weighted by Crippen LogP contribution is -2.21. The smallest absolute Gasteiger partial charge is 0.0828 e. The van der Waals surface area contributed by atoms with E-state index in [0.717, 1.165) is 26.1 Å². The summed E-state index contributed by atoms with van der Waals surface area (Å²) in [5, 5.41) is 5.56. The summed E-state index contributed by atoms with van der Waals surface area (Å²) in [6.45, 7) is 2.58. The Morgan fingerprint density at radius 2 is 2.24 bits per heavy atom. The number of aryl methyl sites for hydroxylation is 1. The molecule has 0 amide bonds. The monoisotopic (exact) mass is 365 g/mol. The SMILES string of the molecule is Brc1csc(CNCCOC2CCCc3ccccc32)c1. The zero-order chi connectivity index (χ0) is 14.5. The van der Waals surface area contributed by atoms with Crippen molar-refractivity contribution in [2.45, 2.75) is 31.9 Å². The quantitative estimate of drug-likeness (QED) is 0.749. The van der Waals surface area contributed by atoms with Gasteiger partial charge in [0, 0.05) is 27.8 Å². The number of halogens is 1. The molecular formula is C17H20BrNOS. The van der Waals surface area contributed by atoms with Crippen LogP contribution < -0.4 is 5.32 Å². The van der Waals surface area contributed by atoms with E-state index in [0.29, 0.717) is 0 Å². The van der Waals surface area contributed by atoms with E-state index in [1.165, 1.54) is 33.3 Å². The van der Waals surface area contributed by atoms with Crippen LogP contribution in [0.5, 0.6) is 0 Å². The minimum absolute atomic E-state index is 0.285. The highest BCUT2D eigenvalue weighted by molar-refractivity contribution is 9.10. The molecule has 3 rings (SSSR count). The van der Waals surface area contributed by atoms with Gasteiger partial charge in [-0.25, -0.2) is 0 Å². The van der Waals surface area contributed by atoms with Gasteiger partial charge in [0.05, 0.1) is 12.7 Å². The van der Waals surface area contributed by atoms with E-state index in [2.05, 4.69) is 57.0 Å². The Balaban J connectivity index is 1.42. The van der Waals surface area contributed by atoms with E-state index < -0.39 is 0 Å². The van der Waals surface area contributed by atoms with Gasteiger partial charge in [0.2, 0.25) is 0 Å². The second-order valence-corrected chi connectivity index (χ2v) is 7.27. The highest BCUT2D eigenvalue weighted by Gasteiger charge is 2.19. The molecule has 1 unspecified atom stereocenters. The molecule has 1 aromatic carbocycles. The molecule has 1 atom stereocenters. The number of hydrogen-bond acceptors (Lipinski definition) is 3. The Morgan fingerprint density at radius 3 is 3.10 bits per heavy atom. The largest absolute Gasteiger partial charge is 0.372 e. The maximum atomic E-state index is 6.08. The fraction of sp³-hybridized carbons (Fsp3) is 0.412. The topological polar surface area (TPSA) is 21.3 Å². The molecule has 0 saturated heterocycles. The van der Waals surface area contributed by atoms with Gasteiger partial charge < -0.3 is 10.1 Å². The van der Waals surface area contributed by atoms with Crippen LogP contribution in [0.4, 0.5) is 0 Å². The Bertz CT molecular complexity index is 584. The Morgan fingerprint density at radius 1 is 1.33 bits per heavy atom. The van der Waals surface area contributed by atoms with Gasteiger partial charge in [0.15, 0.2) is 0 Å². The summed E-state index contributed by atoms with van der Waals surface area (Å²) in [7, 11) is 0. The van der Waals surface area contributed by atoms with Gasteiger partial charge in [-0.2, -0.15) is 0 Å². The molecule has 1 aromatic heterocycles. The molecule has 0 fully saturated rings. The molecule has 1 aliphatic rings. The maximum Gasteiger partial charge on any atom is 0.0828 e. The van der Waals surface area contributed by atoms with Crippen LogP contribution in [0.25, 0.3) is 0 Å². The number of hydrogen-bond donors (Lipinski definition) is 1. The van der Waals surface area contributed by atoms with E-state index >= 15 is 0 Å². The number of ether oxygens (including phenoxy) is 1. The second kappa shape index (κ2) is 7.54. The van der Waals surface area contributed by atoms with Crippen LogP contribution in [-0.4, -0.2) is 13.2 Å². The number of benzene rings is 1. The minimum Gasteiger partial charge on any atom is -0.372 e. The summed E-state index contributed by atoms with van der Waals surface area (Å²) in [6, 6.07) is 10.9. The van der Waals surface area contributed by atoms with Crippen LogP contribution in [0.2, 0.25) is 0 Å². The number of fused-ring (bicyclic) bond motifs is 1. The molecule has 21 heavy (non-hydrogen) atoms. The van der Waals surface area contributed by atoms with E-state index in [9.17, 15) is 0 Å². The van der Waals surface area contributed by atoms with Crippen molar-refractivity contribution in [3.63, 3.8) is 0 Å². The van der Waals surface area contributed by atoms with E-state index in [4.69, 9.17) is 4.74 Å². The first kappa shape index (κ1) is 15.2. The molecule has 1 N–H and O–H groups in total. The standard InChI is InChI=1S/C17H20BrNOS/c18-14-10-15(21-12-14)11-19-8-9-20-17-7-3-5-13-4-1-2-6-16(13)17/h1-2,4,6,10,12,17,19H,3,5,7-9,11H2. The molecule has 0 aliphatic heterocycles. The summed E-state index contributed by atoms with van der Waals surface area (Å²) >= 11 is 5.26. The third kappa shape index (κ3) is 4.16. The molecule has 0 spiro atoms. The first-order valence-electron chi connectivity index (χ1n) is 7.46. The van der Waals surface area contributed by atoms with Crippen molar-refractivity contribution in [2.24, 2.45) is 0 Å². The zero-order valence-corrected chi connectivity index (χ0v) is 14.4. The average Bonchev–Trinajstić information content (AvgIpc) is 2.92. The van der Waals surface area contributed by atoms with Crippen molar-refractivity contribution < 1.29 is 4.74 Å². The van der Waals surface area contributed by atoms with Gasteiger partial charge in [-0.1, -0.05) is 24.3 Å². The van der Waals surface area contributed by atoms with Gasteiger partial charge in [-0.05, 0) is 52.4 Å². The molecule has 0 bridgehead atoms. The average molecular weight is 366 g/mol. The van der Waals surface area contributed by atoms with Crippen molar-refractivity contribution >= 4 is 27.3 Å². The highest BCUT2D eigenvalue weighted by Crippen LogP contribution is 2.32. The van der Waals surface area contributed by atoms with Crippen molar-refractivity contribution in [1.82, 2.24) is 5.32 Å². The van der Waals surface area contributed by atoms with E-state index in [1.807, 2.05) is 0 Å². The molecule has 4 heteroatoms.